The lowest BCUT2D eigenvalue weighted by atomic mass is 9.85. The Bertz CT molecular complexity index is 805. The lowest BCUT2D eigenvalue weighted by molar-refractivity contribution is -0.135. The predicted octanol–water partition coefficient (Wildman–Crippen LogP) is 2.68. The predicted molar refractivity (Wildman–Crippen MR) is 88.1 cm³/mol. The first-order chi connectivity index (χ1) is 12.1. The largest absolute Gasteiger partial charge is 0.459 e. The maximum atomic E-state index is 13.4. The Morgan fingerprint density at radius 2 is 2.04 bits per heavy atom. The minimum atomic E-state index is -0.504. The van der Waals surface area contributed by atoms with E-state index in [1.807, 2.05) is 6.07 Å². The van der Waals surface area contributed by atoms with E-state index < -0.39 is 5.41 Å². The highest BCUT2D eigenvalue weighted by Gasteiger charge is 2.51. The topological polar surface area (TPSA) is 53.8 Å². The normalized spacial score (nSPS) is 23.0. The maximum absolute atomic E-state index is 13.4. The minimum Gasteiger partial charge on any atom is -0.459 e. The fraction of sp³-hybridized carbons (Fsp3) is 0.368. The molecule has 0 unspecified atom stereocenters. The van der Waals surface area contributed by atoms with Gasteiger partial charge in [0.05, 0.1) is 11.7 Å². The molecule has 1 spiro atoms. The van der Waals surface area contributed by atoms with Gasteiger partial charge in [0.25, 0.3) is 5.91 Å². The summed E-state index contributed by atoms with van der Waals surface area (Å²) in [4.78, 5) is 28.8. The molecule has 2 fully saturated rings. The average Bonchev–Trinajstić information content (AvgIpc) is 3.33. The van der Waals surface area contributed by atoms with Crippen molar-refractivity contribution >= 4 is 11.8 Å². The number of benzene rings is 1. The first kappa shape index (κ1) is 15.9. The third-order valence-electron chi connectivity index (χ3n) is 5.24. The number of carbonyl (C=O) groups is 2. The molecule has 5 nitrogen and oxygen atoms in total. The molecule has 2 saturated heterocycles. The molecule has 1 aromatic heterocycles. The van der Waals surface area contributed by atoms with Crippen LogP contribution in [0.3, 0.4) is 0 Å². The molecule has 3 heterocycles. The summed E-state index contributed by atoms with van der Waals surface area (Å²) in [6.45, 7) is 2.02. The Balaban J connectivity index is 1.45. The highest BCUT2D eigenvalue weighted by atomic mass is 19.1. The first-order valence-corrected chi connectivity index (χ1v) is 8.44. The van der Waals surface area contributed by atoms with E-state index in [1.54, 1.807) is 28.0 Å². The van der Waals surface area contributed by atoms with Crippen molar-refractivity contribution in [1.29, 1.82) is 0 Å². The van der Waals surface area contributed by atoms with Crippen molar-refractivity contribution in [3.63, 3.8) is 0 Å². The van der Waals surface area contributed by atoms with E-state index in [2.05, 4.69) is 0 Å². The number of likely N-dealkylation sites (tertiary alicyclic amines) is 2. The molecule has 2 aromatic rings. The molecule has 130 valence electrons. The zero-order chi connectivity index (χ0) is 17.4. The highest BCUT2D eigenvalue weighted by molar-refractivity contribution is 5.93. The van der Waals surface area contributed by atoms with Crippen LogP contribution in [-0.4, -0.2) is 41.2 Å². The monoisotopic (exact) mass is 342 g/mol. The quantitative estimate of drug-likeness (QED) is 0.862. The van der Waals surface area contributed by atoms with Crippen LogP contribution in [0.25, 0.3) is 0 Å². The van der Waals surface area contributed by atoms with Gasteiger partial charge in [-0.3, -0.25) is 9.59 Å². The van der Waals surface area contributed by atoms with Gasteiger partial charge in [-0.25, -0.2) is 4.39 Å². The summed E-state index contributed by atoms with van der Waals surface area (Å²) in [6.07, 6.45) is 2.86. The van der Waals surface area contributed by atoms with E-state index in [-0.39, 0.29) is 17.6 Å². The number of rotatable bonds is 3. The standard InChI is InChI=1S/C19H19FN2O3/c20-15-4-1-3-14(11-15)12-21-8-6-19(18(21)24)7-9-22(13-19)17(23)16-5-2-10-25-16/h1-5,10-11H,6-9,12-13H2/t19-/m1/s1. The Morgan fingerprint density at radius 1 is 1.20 bits per heavy atom. The van der Waals surface area contributed by atoms with Crippen LogP contribution < -0.4 is 0 Å². The van der Waals surface area contributed by atoms with Crippen LogP contribution in [-0.2, 0) is 11.3 Å². The van der Waals surface area contributed by atoms with E-state index in [4.69, 9.17) is 4.42 Å². The molecule has 1 aromatic carbocycles. The SMILES string of the molecule is O=C(c1ccco1)N1CC[C@]2(CCN(Cc3cccc(F)c3)C2=O)C1. The van der Waals surface area contributed by atoms with Crippen molar-refractivity contribution in [3.8, 4) is 0 Å². The van der Waals surface area contributed by atoms with Crippen molar-refractivity contribution in [1.82, 2.24) is 9.80 Å². The molecule has 6 heteroatoms. The highest BCUT2D eigenvalue weighted by Crippen LogP contribution is 2.41. The van der Waals surface area contributed by atoms with Crippen molar-refractivity contribution in [2.75, 3.05) is 19.6 Å². The number of halogens is 1. The summed E-state index contributed by atoms with van der Waals surface area (Å²) >= 11 is 0. The third kappa shape index (κ3) is 2.81. The molecular weight excluding hydrogens is 323 g/mol. The van der Waals surface area contributed by atoms with Crippen molar-refractivity contribution in [2.45, 2.75) is 19.4 Å². The Morgan fingerprint density at radius 3 is 2.80 bits per heavy atom. The van der Waals surface area contributed by atoms with Crippen LogP contribution in [0.15, 0.2) is 47.1 Å². The van der Waals surface area contributed by atoms with Crippen molar-refractivity contribution in [2.24, 2.45) is 5.41 Å². The number of hydrogen-bond acceptors (Lipinski definition) is 3. The molecule has 0 bridgehead atoms. The second-order valence-electron chi connectivity index (χ2n) is 6.84. The second kappa shape index (κ2) is 6.02. The lowest BCUT2D eigenvalue weighted by Crippen LogP contribution is -2.38. The van der Waals surface area contributed by atoms with Crippen LogP contribution in [0.2, 0.25) is 0 Å². The summed E-state index contributed by atoms with van der Waals surface area (Å²) in [7, 11) is 0. The van der Waals surface area contributed by atoms with E-state index in [1.165, 1.54) is 18.4 Å². The Hall–Kier alpha value is -2.63. The summed E-state index contributed by atoms with van der Waals surface area (Å²) in [5.41, 5.74) is 0.280. The molecule has 4 rings (SSSR count). The zero-order valence-electron chi connectivity index (χ0n) is 13.8. The van der Waals surface area contributed by atoms with Crippen LogP contribution in [0.1, 0.15) is 29.0 Å². The summed E-state index contributed by atoms with van der Waals surface area (Å²) in [5, 5.41) is 0. The molecule has 0 aliphatic carbocycles. The molecule has 1 atom stereocenters. The van der Waals surface area contributed by atoms with Gasteiger partial charge < -0.3 is 14.2 Å². The fourth-order valence-electron chi connectivity index (χ4n) is 3.88. The number of hydrogen-bond donors (Lipinski definition) is 0. The van der Waals surface area contributed by atoms with Gasteiger partial charge in [0.2, 0.25) is 5.91 Å². The first-order valence-electron chi connectivity index (χ1n) is 8.44. The number of carbonyl (C=O) groups excluding carboxylic acids is 2. The molecule has 0 N–H and O–H groups in total. The van der Waals surface area contributed by atoms with Gasteiger partial charge in [0.1, 0.15) is 5.82 Å². The second-order valence-corrected chi connectivity index (χ2v) is 6.84. The molecule has 0 saturated carbocycles. The summed E-state index contributed by atoms with van der Waals surface area (Å²) in [6, 6.07) is 9.65. The van der Waals surface area contributed by atoms with Crippen LogP contribution >= 0.6 is 0 Å². The van der Waals surface area contributed by atoms with E-state index in [9.17, 15) is 14.0 Å². The maximum Gasteiger partial charge on any atom is 0.289 e. The minimum absolute atomic E-state index is 0.0616. The molecule has 2 aliphatic heterocycles. The zero-order valence-corrected chi connectivity index (χ0v) is 13.8. The molecular formula is C19H19FN2O3. The van der Waals surface area contributed by atoms with E-state index in [0.29, 0.717) is 38.4 Å². The van der Waals surface area contributed by atoms with Gasteiger partial charge >= 0.3 is 0 Å². The van der Waals surface area contributed by atoms with Crippen LogP contribution in [0.5, 0.6) is 0 Å². The van der Waals surface area contributed by atoms with Gasteiger partial charge in [-0.2, -0.15) is 0 Å². The number of nitrogens with zero attached hydrogens (tertiary/aromatic N) is 2. The lowest BCUT2D eigenvalue weighted by Gasteiger charge is -2.23. The average molecular weight is 342 g/mol. The molecule has 0 radical (unpaired) electrons. The molecule has 25 heavy (non-hydrogen) atoms. The van der Waals surface area contributed by atoms with Crippen LogP contribution in [0, 0.1) is 11.2 Å². The van der Waals surface area contributed by atoms with Crippen molar-refractivity contribution < 1.29 is 18.4 Å². The Labute approximate surface area is 145 Å². The van der Waals surface area contributed by atoms with Gasteiger partial charge in [-0.1, -0.05) is 12.1 Å². The van der Waals surface area contributed by atoms with Gasteiger partial charge in [-0.15, -0.1) is 0 Å². The van der Waals surface area contributed by atoms with Gasteiger partial charge in [0.15, 0.2) is 5.76 Å². The molecule has 2 aliphatic rings. The van der Waals surface area contributed by atoms with E-state index >= 15 is 0 Å². The number of furan rings is 1. The summed E-state index contributed by atoms with van der Waals surface area (Å²) < 4.78 is 18.5. The smallest absolute Gasteiger partial charge is 0.289 e. The van der Waals surface area contributed by atoms with Crippen LogP contribution in [0.4, 0.5) is 4.39 Å². The van der Waals surface area contributed by atoms with E-state index in [0.717, 1.165) is 12.0 Å². The number of amides is 2. The summed E-state index contributed by atoms with van der Waals surface area (Å²) in [5.74, 6) is -0.0983. The fourth-order valence-corrected chi connectivity index (χ4v) is 3.88. The van der Waals surface area contributed by atoms with Gasteiger partial charge in [0, 0.05) is 26.2 Å². The third-order valence-corrected chi connectivity index (χ3v) is 5.24. The Kier molecular flexibility index (Phi) is 3.82. The molecule has 2 amide bonds. The van der Waals surface area contributed by atoms with Crippen molar-refractivity contribution in [3.05, 3.63) is 59.8 Å². The van der Waals surface area contributed by atoms with Gasteiger partial charge in [-0.05, 0) is 42.7 Å².